The first kappa shape index (κ1) is 13.9. The SMILES string of the molecule is O=C(c1cccc(Cl)c1F)N1CCCNc2ccccc21. The fraction of sp³-hybridized carbons (Fsp3) is 0.188. The van der Waals surface area contributed by atoms with Gasteiger partial charge in [-0.3, -0.25) is 4.79 Å². The van der Waals surface area contributed by atoms with Crippen molar-refractivity contribution in [1.29, 1.82) is 0 Å². The van der Waals surface area contributed by atoms with Crippen LogP contribution in [-0.4, -0.2) is 19.0 Å². The third-order valence-corrected chi connectivity index (χ3v) is 3.79. The summed E-state index contributed by atoms with van der Waals surface area (Å²) in [5.41, 5.74) is 1.64. The molecule has 0 saturated carbocycles. The van der Waals surface area contributed by atoms with Crippen LogP contribution in [0.4, 0.5) is 15.8 Å². The van der Waals surface area contributed by atoms with Crippen LogP contribution >= 0.6 is 11.6 Å². The van der Waals surface area contributed by atoms with Gasteiger partial charge in [0.05, 0.1) is 22.0 Å². The molecule has 1 N–H and O–H groups in total. The number of hydrogen-bond acceptors (Lipinski definition) is 2. The number of benzene rings is 2. The zero-order valence-corrected chi connectivity index (χ0v) is 12.0. The third kappa shape index (κ3) is 2.59. The molecule has 3 rings (SSSR count). The van der Waals surface area contributed by atoms with Crippen LogP contribution in [-0.2, 0) is 0 Å². The molecule has 0 radical (unpaired) electrons. The van der Waals surface area contributed by atoms with Crippen LogP contribution in [0, 0.1) is 5.82 Å². The van der Waals surface area contributed by atoms with Crippen LogP contribution in [0.15, 0.2) is 42.5 Å². The Morgan fingerprint density at radius 2 is 2.00 bits per heavy atom. The molecule has 3 nitrogen and oxygen atoms in total. The summed E-state index contributed by atoms with van der Waals surface area (Å²) in [6, 6.07) is 12.0. The summed E-state index contributed by atoms with van der Waals surface area (Å²) in [7, 11) is 0. The van der Waals surface area contributed by atoms with Gasteiger partial charge in [0.2, 0.25) is 0 Å². The molecule has 0 aromatic heterocycles. The van der Waals surface area contributed by atoms with Gasteiger partial charge in [-0.15, -0.1) is 0 Å². The first-order valence-electron chi connectivity index (χ1n) is 6.77. The van der Waals surface area contributed by atoms with E-state index in [2.05, 4.69) is 5.32 Å². The molecule has 0 aliphatic carbocycles. The summed E-state index contributed by atoms with van der Waals surface area (Å²) in [6.07, 6.45) is 0.794. The van der Waals surface area contributed by atoms with E-state index in [0.717, 1.165) is 24.3 Å². The Kier molecular flexibility index (Phi) is 3.80. The van der Waals surface area contributed by atoms with Crippen LogP contribution in [0.3, 0.4) is 0 Å². The normalized spacial score (nSPS) is 14.1. The second-order valence-electron chi connectivity index (χ2n) is 4.86. The van der Waals surface area contributed by atoms with Gasteiger partial charge in [-0.25, -0.2) is 4.39 Å². The minimum atomic E-state index is -0.668. The Labute approximate surface area is 127 Å². The van der Waals surface area contributed by atoms with Crippen molar-refractivity contribution < 1.29 is 9.18 Å². The van der Waals surface area contributed by atoms with Crippen molar-refractivity contribution in [2.24, 2.45) is 0 Å². The van der Waals surface area contributed by atoms with E-state index in [9.17, 15) is 9.18 Å². The zero-order chi connectivity index (χ0) is 14.8. The van der Waals surface area contributed by atoms with E-state index in [1.165, 1.54) is 12.1 Å². The lowest BCUT2D eigenvalue weighted by atomic mass is 10.1. The van der Waals surface area contributed by atoms with Crippen molar-refractivity contribution in [3.05, 3.63) is 58.9 Å². The molecule has 2 aromatic rings. The second kappa shape index (κ2) is 5.74. The second-order valence-corrected chi connectivity index (χ2v) is 5.26. The van der Waals surface area contributed by atoms with E-state index in [1.807, 2.05) is 24.3 Å². The van der Waals surface area contributed by atoms with E-state index >= 15 is 0 Å². The molecule has 21 heavy (non-hydrogen) atoms. The molecule has 0 bridgehead atoms. The standard InChI is InChI=1S/C16H14ClFN2O/c17-12-6-3-5-11(15(12)18)16(21)20-10-4-9-19-13-7-1-2-8-14(13)20/h1-3,5-8,19H,4,9-10H2. The van der Waals surface area contributed by atoms with Gasteiger partial charge in [0.25, 0.3) is 5.91 Å². The zero-order valence-electron chi connectivity index (χ0n) is 11.3. The Balaban J connectivity index is 2.03. The topological polar surface area (TPSA) is 32.3 Å². The van der Waals surface area contributed by atoms with Crippen LogP contribution < -0.4 is 10.2 Å². The Morgan fingerprint density at radius 3 is 2.86 bits per heavy atom. The number of carbonyl (C=O) groups is 1. The molecule has 1 heterocycles. The molecule has 108 valence electrons. The number of nitrogens with one attached hydrogen (secondary N) is 1. The highest BCUT2D eigenvalue weighted by molar-refractivity contribution is 6.31. The van der Waals surface area contributed by atoms with Gasteiger partial charge in [-0.2, -0.15) is 0 Å². The predicted molar refractivity (Wildman–Crippen MR) is 82.6 cm³/mol. The lowest BCUT2D eigenvalue weighted by molar-refractivity contribution is 0.0983. The number of rotatable bonds is 1. The first-order chi connectivity index (χ1) is 10.2. The highest BCUT2D eigenvalue weighted by Gasteiger charge is 2.24. The minimum absolute atomic E-state index is 0.000738. The highest BCUT2D eigenvalue weighted by atomic mass is 35.5. The van der Waals surface area contributed by atoms with Crippen molar-refractivity contribution in [3.63, 3.8) is 0 Å². The van der Waals surface area contributed by atoms with Gasteiger partial charge in [0.15, 0.2) is 5.82 Å². The maximum atomic E-state index is 14.1. The van der Waals surface area contributed by atoms with Gasteiger partial charge in [-0.1, -0.05) is 29.8 Å². The average Bonchev–Trinajstić information content (AvgIpc) is 2.72. The molecule has 0 saturated heterocycles. The monoisotopic (exact) mass is 304 g/mol. The number of nitrogens with zero attached hydrogens (tertiary/aromatic N) is 1. The Morgan fingerprint density at radius 1 is 1.19 bits per heavy atom. The Hall–Kier alpha value is -2.07. The molecule has 1 aliphatic heterocycles. The van der Waals surface area contributed by atoms with Gasteiger partial charge in [0, 0.05) is 13.1 Å². The van der Waals surface area contributed by atoms with Gasteiger partial charge in [0.1, 0.15) is 0 Å². The predicted octanol–water partition coefficient (Wildman–Crippen LogP) is 3.94. The van der Waals surface area contributed by atoms with Gasteiger partial charge >= 0.3 is 0 Å². The number of amides is 1. The van der Waals surface area contributed by atoms with E-state index in [1.54, 1.807) is 11.0 Å². The highest BCUT2D eigenvalue weighted by Crippen LogP contribution is 2.30. The van der Waals surface area contributed by atoms with Crippen molar-refractivity contribution >= 4 is 28.9 Å². The van der Waals surface area contributed by atoms with E-state index in [-0.39, 0.29) is 16.5 Å². The number of hydrogen-bond donors (Lipinski definition) is 1. The lowest BCUT2D eigenvalue weighted by Gasteiger charge is -2.22. The summed E-state index contributed by atoms with van der Waals surface area (Å²) in [5, 5.41) is 3.23. The summed E-state index contributed by atoms with van der Waals surface area (Å²) >= 11 is 5.77. The molecule has 0 fully saturated rings. The van der Waals surface area contributed by atoms with Crippen LogP contribution in [0.1, 0.15) is 16.8 Å². The maximum Gasteiger partial charge on any atom is 0.261 e. The van der Waals surface area contributed by atoms with Gasteiger partial charge in [-0.05, 0) is 30.7 Å². The van der Waals surface area contributed by atoms with Crippen molar-refractivity contribution in [2.45, 2.75) is 6.42 Å². The summed E-state index contributed by atoms with van der Waals surface area (Å²) in [4.78, 5) is 14.3. The minimum Gasteiger partial charge on any atom is -0.383 e. The number of para-hydroxylation sites is 2. The Bertz CT molecular complexity index is 690. The lowest BCUT2D eigenvalue weighted by Crippen LogP contribution is -2.32. The fourth-order valence-corrected chi connectivity index (χ4v) is 2.64. The summed E-state index contributed by atoms with van der Waals surface area (Å²) < 4.78 is 14.1. The molecular formula is C16H14ClFN2O. The number of fused-ring (bicyclic) bond motifs is 1. The molecule has 0 unspecified atom stereocenters. The maximum absolute atomic E-state index is 14.1. The van der Waals surface area contributed by atoms with Crippen LogP contribution in [0.5, 0.6) is 0 Å². The average molecular weight is 305 g/mol. The number of carbonyl (C=O) groups excluding carboxylic acids is 1. The molecule has 0 spiro atoms. The molecule has 2 aromatic carbocycles. The molecule has 1 amide bonds. The molecule has 5 heteroatoms. The first-order valence-corrected chi connectivity index (χ1v) is 7.15. The van der Waals surface area contributed by atoms with Crippen LogP contribution in [0.25, 0.3) is 0 Å². The smallest absolute Gasteiger partial charge is 0.261 e. The van der Waals surface area contributed by atoms with Crippen molar-refractivity contribution in [3.8, 4) is 0 Å². The summed E-state index contributed by atoms with van der Waals surface area (Å²) in [6.45, 7) is 1.31. The van der Waals surface area contributed by atoms with Gasteiger partial charge < -0.3 is 10.2 Å². The summed E-state index contributed by atoms with van der Waals surface area (Å²) in [5.74, 6) is -1.04. The fourth-order valence-electron chi connectivity index (χ4n) is 2.46. The largest absolute Gasteiger partial charge is 0.383 e. The van der Waals surface area contributed by atoms with Crippen molar-refractivity contribution in [2.75, 3.05) is 23.3 Å². The van der Waals surface area contributed by atoms with E-state index < -0.39 is 5.82 Å². The van der Waals surface area contributed by atoms with Crippen LogP contribution in [0.2, 0.25) is 5.02 Å². The number of halogens is 2. The molecule has 0 atom stereocenters. The van der Waals surface area contributed by atoms with Crippen molar-refractivity contribution in [1.82, 2.24) is 0 Å². The third-order valence-electron chi connectivity index (χ3n) is 3.50. The number of anilines is 2. The molecular weight excluding hydrogens is 291 g/mol. The molecule has 1 aliphatic rings. The van der Waals surface area contributed by atoms with E-state index in [4.69, 9.17) is 11.6 Å². The quantitative estimate of drug-likeness (QED) is 0.865. The van der Waals surface area contributed by atoms with E-state index in [0.29, 0.717) is 6.54 Å².